The zero-order valence-corrected chi connectivity index (χ0v) is 25.6. The number of esters is 1. The van der Waals surface area contributed by atoms with Crippen LogP contribution in [0.25, 0.3) is 17.4 Å². The Kier molecular flexibility index (Phi) is 8.68. The SMILES string of the molecule is CCCC1=C(C(=O)OCC)[C@@H](c2ccc(C(C)C)cc2)n2c(s/c(=C\c3ccc(-c4cccc(Cl)c4Cl)o3)c2=O)=N1. The first kappa shape index (κ1) is 29.1. The lowest BCUT2D eigenvalue weighted by Crippen LogP contribution is -2.40. The number of carbonyl (C=O) groups is 1. The highest BCUT2D eigenvalue weighted by Crippen LogP contribution is 2.35. The van der Waals surface area contributed by atoms with Gasteiger partial charge in [0, 0.05) is 11.6 Å². The molecular formula is C32H30Cl2N2O4S. The number of hydrogen-bond acceptors (Lipinski definition) is 6. The maximum atomic E-state index is 14.0. The molecule has 0 saturated heterocycles. The number of rotatable bonds is 8. The van der Waals surface area contributed by atoms with Crippen molar-refractivity contribution in [1.82, 2.24) is 4.57 Å². The maximum absolute atomic E-state index is 14.0. The molecule has 2 aromatic heterocycles. The number of ether oxygens (including phenoxy) is 1. The molecule has 2 aromatic carbocycles. The van der Waals surface area contributed by atoms with E-state index in [0.717, 1.165) is 12.0 Å². The van der Waals surface area contributed by atoms with Gasteiger partial charge in [-0.1, -0.05) is 92.1 Å². The molecule has 0 unspecified atom stereocenters. The summed E-state index contributed by atoms with van der Waals surface area (Å²) in [6, 6.07) is 16.3. The molecule has 0 radical (unpaired) electrons. The Morgan fingerprint density at radius 1 is 1.12 bits per heavy atom. The lowest BCUT2D eigenvalue weighted by atomic mass is 9.92. The molecule has 1 aliphatic heterocycles. The van der Waals surface area contributed by atoms with Crippen molar-refractivity contribution in [3.63, 3.8) is 0 Å². The van der Waals surface area contributed by atoms with E-state index in [0.29, 0.717) is 60.1 Å². The Balaban J connectivity index is 1.67. The molecule has 1 atom stereocenters. The number of nitrogens with zero attached hydrogens (tertiary/aromatic N) is 2. The molecule has 0 spiro atoms. The van der Waals surface area contributed by atoms with Crippen LogP contribution in [0, 0.1) is 0 Å². The van der Waals surface area contributed by atoms with Gasteiger partial charge >= 0.3 is 5.97 Å². The van der Waals surface area contributed by atoms with Crippen LogP contribution in [-0.2, 0) is 9.53 Å². The second-order valence-corrected chi connectivity index (χ2v) is 11.8. The summed E-state index contributed by atoms with van der Waals surface area (Å²) < 4.78 is 13.6. The molecular weight excluding hydrogens is 579 g/mol. The van der Waals surface area contributed by atoms with Crippen molar-refractivity contribution in [2.45, 2.75) is 52.5 Å². The first-order valence-corrected chi connectivity index (χ1v) is 15.2. The topological polar surface area (TPSA) is 73.8 Å². The molecule has 4 aromatic rings. The number of aromatic nitrogens is 1. The van der Waals surface area contributed by atoms with Crippen molar-refractivity contribution >= 4 is 46.6 Å². The molecule has 0 fully saturated rings. The zero-order chi connectivity index (χ0) is 29.3. The lowest BCUT2D eigenvalue weighted by molar-refractivity contribution is -0.139. The van der Waals surface area contributed by atoms with E-state index in [9.17, 15) is 9.59 Å². The Morgan fingerprint density at radius 3 is 2.56 bits per heavy atom. The van der Waals surface area contributed by atoms with Crippen LogP contribution in [0.3, 0.4) is 0 Å². The molecule has 5 rings (SSSR count). The van der Waals surface area contributed by atoms with Crippen LogP contribution < -0.4 is 14.9 Å². The summed E-state index contributed by atoms with van der Waals surface area (Å²) in [7, 11) is 0. The molecule has 212 valence electrons. The van der Waals surface area contributed by atoms with Crippen LogP contribution in [0.1, 0.15) is 69.4 Å². The van der Waals surface area contributed by atoms with Crippen molar-refractivity contribution in [2.75, 3.05) is 6.61 Å². The average molecular weight is 610 g/mol. The molecule has 0 bridgehead atoms. The predicted molar refractivity (Wildman–Crippen MR) is 164 cm³/mol. The third-order valence-corrected chi connectivity index (χ3v) is 8.73. The fraction of sp³-hybridized carbons (Fsp3) is 0.281. The minimum absolute atomic E-state index is 0.225. The van der Waals surface area contributed by atoms with Gasteiger partial charge in [-0.05, 0) is 54.7 Å². The van der Waals surface area contributed by atoms with E-state index in [1.54, 1.807) is 41.8 Å². The van der Waals surface area contributed by atoms with Crippen LogP contribution in [-0.4, -0.2) is 17.1 Å². The van der Waals surface area contributed by atoms with Gasteiger partial charge in [-0.15, -0.1) is 0 Å². The van der Waals surface area contributed by atoms with E-state index in [4.69, 9.17) is 37.3 Å². The monoisotopic (exact) mass is 608 g/mol. The Morgan fingerprint density at radius 2 is 1.88 bits per heavy atom. The lowest BCUT2D eigenvalue weighted by Gasteiger charge is -2.26. The molecule has 0 amide bonds. The molecule has 9 heteroatoms. The Hall–Kier alpha value is -3.39. The van der Waals surface area contributed by atoms with Crippen LogP contribution in [0.5, 0.6) is 0 Å². The van der Waals surface area contributed by atoms with Gasteiger partial charge in [0.1, 0.15) is 11.5 Å². The maximum Gasteiger partial charge on any atom is 0.338 e. The highest BCUT2D eigenvalue weighted by Gasteiger charge is 2.34. The average Bonchev–Trinajstić information content (AvgIpc) is 3.54. The third-order valence-electron chi connectivity index (χ3n) is 6.93. The third kappa shape index (κ3) is 5.71. The number of halogens is 2. The van der Waals surface area contributed by atoms with Crippen molar-refractivity contribution in [3.8, 4) is 11.3 Å². The number of benzene rings is 2. The van der Waals surface area contributed by atoms with Crippen LogP contribution >= 0.6 is 34.5 Å². The zero-order valence-electron chi connectivity index (χ0n) is 23.2. The number of carbonyl (C=O) groups excluding carboxylic acids is 1. The van der Waals surface area contributed by atoms with E-state index in [1.807, 2.05) is 37.3 Å². The summed E-state index contributed by atoms with van der Waals surface area (Å²) in [6.45, 7) is 8.29. The summed E-state index contributed by atoms with van der Waals surface area (Å²) in [5.41, 5.74) is 3.44. The number of fused-ring (bicyclic) bond motifs is 1. The number of allylic oxidation sites excluding steroid dienone is 1. The molecule has 41 heavy (non-hydrogen) atoms. The fourth-order valence-corrected chi connectivity index (χ4v) is 6.29. The minimum Gasteiger partial charge on any atom is -0.463 e. The first-order chi connectivity index (χ1) is 19.7. The van der Waals surface area contributed by atoms with E-state index < -0.39 is 12.0 Å². The quantitative estimate of drug-likeness (QED) is 0.197. The normalized spacial score (nSPS) is 15.3. The molecule has 0 aliphatic carbocycles. The van der Waals surface area contributed by atoms with Gasteiger partial charge < -0.3 is 9.15 Å². The van der Waals surface area contributed by atoms with Crippen molar-refractivity contribution < 1.29 is 13.9 Å². The largest absolute Gasteiger partial charge is 0.463 e. The number of thiazole rings is 1. The van der Waals surface area contributed by atoms with Crippen LogP contribution in [0.2, 0.25) is 10.0 Å². The van der Waals surface area contributed by atoms with Gasteiger partial charge in [-0.25, -0.2) is 9.79 Å². The number of hydrogen-bond donors (Lipinski definition) is 0. The van der Waals surface area contributed by atoms with Crippen molar-refractivity contribution in [1.29, 1.82) is 0 Å². The van der Waals surface area contributed by atoms with Gasteiger partial charge in [0.2, 0.25) is 0 Å². The summed E-state index contributed by atoms with van der Waals surface area (Å²) >= 11 is 13.8. The van der Waals surface area contributed by atoms with E-state index in [1.165, 1.54) is 16.9 Å². The second-order valence-electron chi connectivity index (χ2n) is 10.0. The summed E-state index contributed by atoms with van der Waals surface area (Å²) in [5, 5.41) is 0.824. The molecule has 1 aliphatic rings. The highest BCUT2D eigenvalue weighted by molar-refractivity contribution is 7.07. The Bertz CT molecular complexity index is 1810. The van der Waals surface area contributed by atoms with Crippen molar-refractivity contribution in [2.24, 2.45) is 4.99 Å². The molecule has 6 nitrogen and oxygen atoms in total. The fourth-order valence-electron chi connectivity index (χ4n) is 4.90. The summed E-state index contributed by atoms with van der Waals surface area (Å²) in [5.74, 6) is 0.912. The summed E-state index contributed by atoms with van der Waals surface area (Å²) in [6.07, 6.45) is 3.07. The molecule has 0 saturated carbocycles. The smallest absolute Gasteiger partial charge is 0.338 e. The second kappa shape index (κ2) is 12.2. The predicted octanol–water partition coefficient (Wildman–Crippen LogP) is 7.27. The standard InChI is InChI=1S/C32H30Cl2N2O4S/c1-5-8-24-27(31(38)39-6-2)29(20-13-11-19(12-14-20)18(3)4)36-30(37)26(41-32(36)35-24)17-21-15-16-25(40-21)22-9-7-10-23(33)28(22)34/h7,9-18,29H,5-6,8H2,1-4H3/b26-17-/t29-/m1/s1. The van der Waals surface area contributed by atoms with Crippen LogP contribution in [0.15, 0.2) is 80.1 Å². The summed E-state index contributed by atoms with van der Waals surface area (Å²) in [4.78, 5) is 32.7. The van der Waals surface area contributed by atoms with Gasteiger partial charge in [0.05, 0.1) is 38.5 Å². The van der Waals surface area contributed by atoms with Gasteiger partial charge in [0.25, 0.3) is 5.56 Å². The van der Waals surface area contributed by atoms with Crippen molar-refractivity contribution in [3.05, 3.63) is 112 Å². The molecule has 3 heterocycles. The van der Waals surface area contributed by atoms with E-state index in [-0.39, 0.29) is 12.2 Å². The highest BCUT2D eigenvalue weighted by atomic mass is 35.5. The van der Waals surface area contributed by atoms with E-state index in [2.05, 4.69) is 13.8 Å². The van der Waals surface area contributed by atoms with Gasteiger partial charge in [-0.3, -0.25) is 9.36 Å². The number of furan rings is 1. The minimum atomic E-state index is -0.660. The molecule has 0 N–H and O–H groups in total. The van der Waals surface area contributed by atoms with E-state index >= 15 is 0 Å². The van der Waals surface area contributed by atoms with Gasteiger partial charge in [-0.2, -0.15) is 0 Å². The van der Waals surface area contributed by atoms with Crippen LogP contribution in [0.4, 0.5) is 0 Å². The Labute approximate surface area is 252 Å². The first-order valence-electron chi connectivity index (χ1n) is 13.6. The van der Waals surface area contributed by atoms with Gasteiger partial charge in [0.15, 0.2) is 4.80 Å².